The lowest BCUT2D eigenvalue weighted by molar-refractivity contribution is -0.379. The Morgan fingerprint density at radius 2 is 1.92 bits per heavy atom. The SMILES string of the molecule is O=[N+]([O-])C#Cc1ccc(F)cc1. The van der Waals surface area contributed by atoms with E-state index < -0.39 is 4.92 Å². The smallest absolute Gasteiger partial charge is 0.249 e. The summed E-state index contributed by atoms with van der Waals surface area (Å²) in [6.45, 7) is 0. The van der Waals surface area contributed by atoms with Gasteiger partial charge in [0.05, 0.1) is 0 Å². The number of nitrogens with zero attached hydrogens (tertiary/aromatic N) is 1. The molecule has 0 amide bonds. The molecule has 3 nitrogen and oxygen atoms in total. The van der Waals surface area contributed by atoms with E-state index in [0.29, 0.717) is 5.56 Å². The minimum absolute atomic E-state index is 0.387. The molecule has 0 unspecified atom stereocenters. The van der Waals surface area contributed by atoms with Crippen molar-refractivity contribution < 1.29 is 9.31 Å². The quantitative estimate of drug-likeness (QED) is 0.252. The van der Waals surface area contributed by atoms with Gasteiger partial charge in [-0.15, -0.1) is 0 Å². The first-order valence-corrected chi connectivity index (χ1v) is 3.10. The van der Waals surface area contributed by atoms with Gasteiger partial charge in [-0.25, -0.2) is 14.5 Å². The Morgan fingerprint density at radius 1 is 1.33 bits per heavy atom. The van der Waals surface area contributed by atoms with E-state index in [1.165, 1.54) is 24.3 Å². The van der Waals surface area contributed by atoms with E-state index in [1.54, 1.807) is 6.04 Å². The largest absolute Gasteiger partial charge is 0.295 e. The molecule has 0 spiro atoms. The summed E-state index contributed by atoms with van der Waals surface area (Å²) in [6.07, 6.45) is 0. The van der Waals surface area contributed by atoms with E-state index in [0.717, 1.165) is 0 Å². The van der Waals surface area contributed by atoms with Crippen LogP contribution in [0, 0.1) is 27.9 Å². The van der Waals surface area contributed by atoms with Crippen LogP contribution in [-0.4, -0.2) is 4.92 Å². The van der Waals surface area contributed by atoms with Crippen LogP contribution in [0.5, 0.6) is 0 Å². The van der Waals surface area contributed by atoms with E-state index in [4.69, 9.17) is 0 Å². The highest BCUT2D eigenvalue weighted by Crippen LogP contribution is 2.00. The van der Waals surface area contributed by atoms with E-state index in [2.05, 4.69) is 5.92 Å². The maximum Gasteiger partial charge on any atom is 0.295 e. The molecule has 1 rings (SSSR count). The lowest BCUT2D eigenvalue weighted by Crippen LogP contribution is -1.84. The molecule has 0 aromatic heterocycles. The molecule has 0 saturated carbocycles. The third-order valence-corrected chi connectivity index (χ3v) is 1.14. The number of halogens is 1. The summed E-state index contributed by atoms with van der Waals surface area (Å²) in [5.74, 6) is 1.87. The molecule has 12 heavy (non-hydrogen) atoms. The molecular formula is C8H4FNO2. The highest BCUT2D eigenvalue weighted by Gasteiger charge is 1.90. The molecular weight excluding hydrogens is 161 g/mol. The van der Waals surface area contributed by atoms with E-state index >= 15 is 0 Å². The summed E-state index contributed by atoms with van der Waals surface area (Å²) in [7, 11) is 0. The number of hydrogen-bond donors (Lipinski definition) is 0. The van der Waals surface area contributed by atoms with Crippen molar-refractivity contribution in [1.29, 1.82) is 0 Å². The summed E-state index contributed by atoms with van der Waals surface area (Å²) in [5, 5.41) is 9.80. The van der Waals surface area contributed by atoms with Crippen LogP contribution >= 0.6 is 0 Å². The van der Waals surface area contributed by atoms with Gasteiger partial charge >= 0.3 is 0 Å². The third-order valence-electron chi connectivity index (χ3n) is 1.14. The molecule has 1 aromatic rings. The van der Waals surface area contributed by atoms with Crippen molar-refractivity contribution in [3.63, 3.8) is 0 Å². The zero-order valence-electron chi connectivity index (χ0n) is 5.95. The highest BCUT2D eigenvalue weighted by molar-refractivity contribution is 5.32. The molecule has 0 heterocycles. The molecule has 0 aliphatic heterocycles. The van der Waals surface area contributed by atoms with Crippen molar-refractivity contribution in [1.82, 2.24) is 0 Å². The lowest BCUT2D eigenvalue weighted by atomic mass is 10.2. The third kappa shape index (κ3) is 2.39. The van der Waals surface area contributed by atoms with Gasteiger partial charge in [0.2, 0.25) is 0 Å². The number of benzene rings is 1. The maximum atomic E-state index is 12.3. The topological polar surface area (TPSA) is 43.1 Å². The second kappa shape index (κ2) is 3.49. The first kappa shape index (κ1) is 8.21. The molecule has 4 heteroatoms. The van der Waals surface area contributed by atoms with Crippen molar-refractivity contribution in [2.75, 3.05) is 0 Å². The average molecular weight is 165 g/mol. The van der Waals surface area contributed by atoms with Gasteiger partial charge in [0.15, 0.2) is 0 Å². The lowest BCUT2D eigenvalue weighted by Gasteiger charge is -1.86. The number of nitro groups is 1. The first-order valence-electron chi connectivity index (χ1n) is 3.10. The molecule has 1 aromatic carbocycles. The van der Waals surface area contributed by atoms with Crippen LogP contribution in [-0.2, 0) is 0 Å². The van der Waals surface area contributed by atoms with Gasteiger partial charge in [-0.1, -0.05) is 0 Å². The standard InChI is InChI=1S/C8H4FNO2/c9-8-3-1-7(2-4-8)5-6-10(11)12/h1-4H. The molecule has 0 bridgehead atoms. The minimum atomic E-state index is -0.747. The predicted molar refractivity (Wildman–Crippen MR) is 40.3 cm³/mol. The van der Waals surface area contributed by atoms with Gasteiger partial charge in [-0.3, -0.25) is 0 Å². The molecule has 0 radical (unpaired) electrons. The first-order chi connectivity index (χ1) is 5.68. The molecule has 0 saturated heterocycles. The monoisotopic (exact) mass is 165 g/mol. The fourth-order valence-corrected chi connectivity index (χ4v) is 0.643. The predicted octanol–water partition coefficient (Wildman–Crippen LogP) is 1.41. The molecule has 0 aliphatic carbocycles. The fraction of sp³-hybridized carbons (Fsp3) is 0. The van der Waals surface area contributed by atoms with Crippen LogP contribution in [0.4, 0.5) is 4.39 Å². The summed E-state index contributed by atoms with van der Waals surface area (Å²) in [4.78, 5) is 9.05. The normalized spacial score (nSPS) is 8.42. The summed E-state index contributed by atoms with van der Waals surface area (Å²) in [5.41, 5.74) is 0.424. The van der Waals surface area contributed by atoms with E-state index in [1.807, 2.05) is 0 Å². The number of rotatable bonds is 0. The van der Waals surface area contributed by atoms with Crippen molar-refractivity contribution in [3.8, 4) is 12.0 Å². The Kier molecular flexibility index (Phi) is 2.38. The van der Waals surface area contributed by atoms with Crippen molar-refractivity contribution in [3.05, 3.63) is 45.8 Å². The average Bonchev–Trinajstić information content (AvgIpc) is 2.03. The van der Waals surface area contributed by atoms with Crippen molar-refractivity contribution in [2.24, 2.45) is 0 Å². The molecule has 0 atom stereocenters. The molecule has 60 valence electrons. The molecule has 0 N–H and O–H groups in total. The van der Waals surface area contributed by atoms with Gasteiger partial charge in [-0.05, 0) is 24.3 Å². The maximum absolute atomic E-state index is 12.3. The van der Waals surface area contributed by atoms with Crippen LogP contribution in [0.3, 0.4) is 0 Å². The van der Waals surface area contributed by atoms with Crippen LogP contribution in [0.2, 0.25) is 0 Å². The van der Waals surface area contributed by atoms with Gasteiger partial charge in [-0.2, -0.15) is 0 Å². The van der Waals surface area contributed by atoms with Crippen LogP contribution < -0.4 is 0 Å². The highest BCUT2D eigenvalue weighted by atomic mass is 19.1. The van der Waals surface area contributed by atoms with E-state index in [-0.39, 0.29) is 5.82 Å². The summed E-state index contributed by atoms with van der Waals surface area (Å²) < 4.78 is 12.3. The van der Waals surface area contributed by atoms with Crippen LogP contribution in [0.15, 0.2) is 24.3 Å². The minimum Gasteiger partial charge on any atom is -0.249 e. The fourth-order valence-electron chi connectivity index (χ4n) is 0.643. The second-order valence-electron chi connectivity index (χ2n) is 2.00. The van der Waals surface area contributed by atoms with Gasteiger partial charge in [0.1, 0.15) is 10.7 Å². The zero-order chi connectivity index (χ0) is 8.97. The van der Waals surface area contributed by atoms with Crippen LogP contribution in [0.25, 0.3) is 0 Å². The van der Waals surface area contributed by atoms with Crippen molar-refractivity contribution >= 4 is 0 Å². The Hall–Kier alpha value is -1.89. The van der Waals surface area contributed by atoms with Crippen molar-refractivity contribution in [2.45, 2.75) is 0 Å². The Labute approximate surface area is 68.0 Å². The van der Waals surface area contributed by atoms with E-state index in [9.17, 15) is 14.5 Å². The molecule has 0 fully saturated rings. The summed E-state index contributed by atoms with van der Waals surface area (Å²) >= 11 is 0. The molecule has 0 aliphatic rings. The second-order valence-corrected chi connectivity index (χ2v) is 2.00. The van der Waals surface area contributed by atoms with Gasteiger partial charge in [0, 0.05) is 11.5 Å². The number of hydrogen-bond acceptors (Lipinski definition) is 2. The Balaban J connectivity index is 2.86. The Morgan fingerprint density at radius 3 is 2.42 bits per heavy atom. The zero-order valence-corrected chi connectivity index (χ0v) is 5.95. The Bertz CT molecular complexity index is 348. The van der Waals surface area contributed by atoms with Crippen LogP contribution in [0.1, 0.15) is 5.56 Å². The van der Waals surface area contributed by atoms with Gasteiger partial charge < -0.3 is 0 Å². The van der Waals surface area contributed by atoms with Gasteiger partial charge in [0.25, 0.3) is 6.04 Å². The summed E-state index contributed by atoms with van der Waals surface area (Å²) in [6, 6.07) is 6.89.